The topological polar surface area (TPSA) is 120 Å². The maximum Gasteiger partial charge on any atom is 0.323 e. The first-order valence-electron chi connectivity index (χ1n) is 14.9. The predicted octanol–water partition coefficient (Wildman–Crippen LogP) is 7.33. The van der Waals surface area contributed by atoms with Crippen LogP contribution in [-0.4, -0.2) is 37.8 Å². The number of aliphatic hydroxyl groups excluding tert-OH is 1. The van der Waals surface area contributed by atoms with Crippen molar-refractivity contribution in [3.8, 4) is 11.5 Å². The number of hydrogen-bond acceptors (Lipinski definition) is 8. The number of aryl methyl sites for hydroxylation is 1. The van der Waals surface area contributed by atoms with Gasteiger partial charge in [0.05, 0.1) is 18.8 Å². The van der Waals surface area contributed by atoms with Crippen LogP contribution in [0.15, 0.2) is 115 Å². The maximum atomic E-state index is 12.9. The minimum Gasteiger partial charge on any atom is -0.457 e. The summed E-state index contributed by atoms with van der Waals surface area (Å²) >= 11 is 1.58. The van der Waals surface area contributed by atoms with Gasteiger partial charge in [-0.2, -0.15) is 0 Å². The van der Waals surface area contributed by atoms with Crippen LogP contribution >= 0.6 is 11.8 Å². The Morgan fingerprint density at radius 2 is 1.63 bits per heavy atom. The second-order valence-electron chi connectivity index (χ2n) is 11.0. The monoisotopic (exact) mass is 637 g/mol. The van der Waals surface area contributed by atoms with Crippen LogP contribution < -0.4 is 15.4 Å². The van der Waals surface area contributed by atoms with Gasteiger partial charge in [-0.3, -0.25) is 0 Å². The summed E-state index contributed by atoms with van der Waals surface area (Å²) in [6.07, 6.45) is 0.572. The summed E-state index contributed by atoms with van der Waals surface area (Å²) in [5, 5.41) is 24.3. The Morgan fingerprint density at radius 3 is 2.35 bits per heavy atom. The van der Waals surface area contributed by atoms with E-state index < -0.39 is 6.29 Å². The number of aliphatic hydroxyl groups is 1. The molecule has 11 heteroatoms. The second kappa shape index (κ2) is 14.6. The van der Waals surface area contributed by atoms with Gasteiger partial charge in [0.1, 0.15) is 17.8 Å². The third kappa shape index (κ3) is 7.75. The van der Waals surface area contributed by atoms with Gasteiger partial charge >= 0.3 is 6.03 Å². The summed E-state index contributed by atoms with van der Waals surface area (Å²) in [5.74, 6) is 2.08. The normalized spacial score (nSPS) is 19.4. The van der Waals surface area contributed by atoms with Crippen molar-refractivity contribution in [2.75, 3.05) is 16.4 Å². The van der Waals surface area contributed by atoms with Gasteiger partial charge in [0.2, 0.25) is 0 Å². The lowest BCUT2D eigenvalue weighted by atomic mass is 9.91. The Balaban J connectivity index is 1.14. The van der Waals surface area contributed by atoms with Gasteiger partial charge in [-0.15, -0.1) is 10.2 Å². The zero-order valence-corrected chi connectivity index (χ0v) is 26.3. The lowest BCUT2D eigenvalue weighted by Crippen LogP contribution is -2.38. The van der Waals surface area contributed by atoms with Crippen LogP contribution in [0.25, 0.3) is 0 Å². The van der Waals surface area contributed by atoms with Crippen molar-refractivity contribution in [3.63, 3.8) is 0 Å². The minimum absolute atomic E-state index is 0.0218. The molecule has 1 fully saturated rings. The molecule has 1 aliphatic heterocycles. The first kappa shape index (κ1) is 31.3. The largest absolute Gasteiger partial charge is 0.457 e. The first-order valence-corrected chi connectivity index (χ1v) is 15.9. The molecule has 5 aromatic rings. The number of carbonyl (C=O) groups excluding carboxylic acids is 1. The zero-order chi connectivity index (χ0) is 31.9. The summed E-state index contributed by atoms with van der Waals surface area (Å²) in [6.45, 7) is 2.09. The molecule has 1 aromatic heterocycles. The smallest absolute Gasteiger partial charge is 0.323 e. The van der Waals surface area contributed by atoms with Gasteiger partial charge in [-0.1, -0.05) is 73.3 Å². The number of amides is 2. The highest BCUT2D eigenvalue weighted by Crippen LogP contribution is 2.43. The third-order valence-electron chi connectivity index (χ3n) is 7.68. The standard InChI is InChI=1S/C35H35N5O5S/c1-23-31(21-46-35-39-36-22-40(35)2)44-33(45-32(23)25-13-11-24(20-41)12-14-25)26-7-6-8-28(19-26)38-34(42)37-27-15-17-30(18-16-27)43-29-9-4-3-5-10-29/h3-19,22-23,31-33,41H,20-21H2,1-2H3,(H2,37,38,42)/t23-,31+,32+,33+/m0/s1. The molecule has 2 amide bonds. The molecule has 0 radical (unpaired) electrons. The van der Waals surface area contributed by atoms with E-state index in [0.717, 1.165) is 27.6 Å². The van der Waals surface area contributed by atoms with Crippen molar-refractivity contribution in [2.45, 2.75) is 37.2 Å². The van der Waals surface area contributed by atoms with E-state index in [4.69, 9.17) is 14.2 Å². The van der Waals surface area contributed by atoms with Crippen LogP contribution in [0.2, 0.25) is 0 Å². The lowest BCUT2D eigenvalue weighted by Gasteiger charge is -2.41. The fourth-order valence-electron chi connectivity index (χ4n) is 5.16. The summed E-state index contributed by atoms with van der Waals surface area (Å²) in [6, 6.07) is 31.6. The van der Waals surface area contributed by atoms with E-state index in [1.54, 1.807) is 42.4 Å². The van der Waals surface area contributed by atoms with Crippen molar-refractivity contribution in [2.24, 2.45) is 13.0 Å². The molecule has 236 valence electrons. The lowest BCUT2D eigenvalue weighted by molar-refractivity contribution is -0.268. The average molecular weight is 638 g/mol. The molecule has 0 bridgehead atoms. The Morgan fingerprint density at radius 1 is 0.891 bits per heavy atom. The number of para-hydroxylation sites is 1. The average Bonchev–Trinajstić information content (AvgIpc) is 3.50. The van der Waals surface area contributed by atoms with E-state index in [0.29, 0.717) is 22.9 Å². The summed E-state index contributed by atoms with van der Waals surface area (Å²) in [7, 11) is 1.91. The number of thioether (sulfide) groups is 1. The van der Waals surface area contributed by atoms with E-state index in [1.165, 1.54) is 0 Å². The summed E-state index contributed by atoms with van der Waals surface area (Å²) < 4.78 is 20.8. The Labute approximate surface area is 271 Å². The fourth-order valence-corrected chi connectivity index (χ4v) is 6.21. The van der Waals surface area contributed by atoms with Gasteiger partial charge < -0.3 is 34.5 Å². The van der Waals surface area contributed by atoms with Crippen LogP contribution in [0.4, 0.5) is 16.2 Å². The predicted molar refractivity (Wildman–Crippen MR) is 177 cm³/mol. The number of urea groups is 1. The van der Waals surface area contributed by atoms with Crippen LogP contribution in [0.3, 0.4) is 0 Å². The molecular formula is C35H35N5O5S. The van der Waals surface area contributed by atoms with E-state index >= 15 is 0 Å². The molecule has 46 heavy (non-hydrogen) atoms. The SMILES string of the molecule is C[C@H]1[C@@H](CSc2nncn2C)O[C@@H](c2cccc(NC(=O)Nc3ccc(Oc4ccccc4)cc3)c2)O[C@H]1c1ccc(CO)cc1. The summed E-state index contributed by atoms with van der Waals surface area (Å²) in [5.41, 5.74) is 3.83. The van der Waals surface area contributed by atoms with E-state index in [-0.39, 0.29) is 30.8 Å². The van der Waals surface area contributed by atoms with Crippen LogP contribution in [0, 0.1) is 5.92 Å². The number of nitrogens with zero attached hydrogens (tertiary/aromatic N) is 3. The maximum absolute atomic E-state index is 12.9. The highest BCUT2D eigenvalue weighted by Gasteiger charge is 2.38. The van der Waals surface area contributed by atoms with Crippen LogP contribution in [0.5, 0.6) is 11.5 Å². The van der Waals surface area contributed by atoms with Gasteiger partial charge in [0, 0.05) is 35.7 Å². The van der Waals surface area contributed by atoms with Crippen LogP contribution in [-0.2, 0) is 23.1 Å². The third-order valence-corrected chi connectivity index (χ3v) is 8.80. The number of aromatic nitrogens is 3. The Hall–Kier alpha value is -4.68. The van der Waals surface area contributed by atoms with Gasteiger partial charge in [-0.25, -0.2) is 4.79 Å². The molecule has 1 aliphatic rings. The van der Waals surface area contributed by atoms with Gasteiger partial charge in [0.25, 0.3) is 0 Å². The van der Waals surface area contributed by atoms with Crippen molar-refractivity contribution < 1.29 is 24.1 Å². The number of hydrogen-bond donors (Lipinski definition) is 3. The molecule has 0 aliphatic carbocycles. The first-order chi connectivity index (χ1) is 22.4. The summed E-state index contributed by atoms with van der Waals surface area (Å²) in [4.78, 5) is 12.9. The molecule has 3 N–H and O–H groups in total. The Kier molecular flexibility index (Phi) is 9.94. The highest BCUT2D eigenvalue weighted by molar-refractivity contribution is 7.99. The number of carbonyl (C=O) groups is 1. The van der Waals surface area contributed by atoms with Crippen molar-refractivity contribution in [1.29, 1.82) is 0 Å². The van der Waals surface area contributed by atoms with Crippen molar-refractivity contribution in [1.82, 2.24) is 14.8 Å². The molecule has 0 spiro atoms. The van der Waals surface area contributed by atoms with Crippen molar-refractivity contribution >= 4 is 29.2 Å². The highest BCUT2D eigenvalue weighted by atomic mass is 32.2. The molecule has 2 heterocycles. The van der Waals surface area contributed by atoms with Gasteiger partial charge in [-0.05, 0) is 59.7 Å². The van der Waals surface area contributed by atoms with Crippen molar-refractivity contribution in [3.05, 3.63) is 126 Å². The van der Waals surface area contributed by atoms with Gasteiger partial charge in [0.15, 0.2) is 11.4 Å². The van der Waals surface area contributed by atoms with E-state index in [9.17, 15) is 9.90 Å². The minimum atomic E-state index is -0.675. The molecule has 0 unspecified atom stereocenters. The van der Waals surface area contributed by atoms with E-state index in [2.05, 4.69) is 27.8 Å². The number of ether oxygens (including phenoxy) is 3. The molecule has 10 nitrogen and oxygen atoms in total. The zero-order valence-electron chi connectivity index (χ0n) is 25.4. The molecular weight excluding hydrogens is 602 g/mol. The molecule has 4 atom stereocenters. The number of nitrogens with one attached hydrogen (secondary N) is 2. The molecule has 6 rings (SSSR count). The Bertz CT molecular complexity index is 1730. The van der Waals surface area contributed by atoms with E-state index in [1.807, 2.05) is 90.5 Å². The quantitative estimate of drug-likeness (QED) is 0.136. The number of rotatable bonds is 10. The number of anilines is 2. The van der Waals surface area contributed by atoms with Crippen LogP contribution in [0.1, 0.15) is 36.0 Å². The molecule has 1 saturated heterocycles. The molecule has 0 saturated carbocycles. The second-order valence-corrected chi connectivity index (χ2v) is 12.0. The number of benzene rings is 4. The molecule has 4 aromatic carbocycles. The fraction of sp³-hybridized carbons (Fsp3) is 0.229.